The number of para-hydroxylation sites is 1. The number of halogens is 3. The zero-order valence-corrected chi connectivity index (χ0v) is 11.9. The van der Waals surface area contributed by atoms with Crippen molar-refractivity contribution in [1.82, 2.24) is 5.32 Å². The highest BCUT2D eigenvalue weighted by atomic mass is 19.4. The Morgan fingerprint density at radius 1 is 1.33 bits per heavy atom. The van der Waals surface area contributed by atoms with Crippen molar-refractivity contribution in [1.29, 1.82) is 0 Å². The molecule has 0 heterocycles. The fraction of sp³-hybridized carbons (Fsp3) is 0.500. The van der Waals surface area contributed by atoms with Gasteiger partial charge in [-0.3, -0.25) is 4.79 Å². The van der Waals surface area contributed by atoms with E-state index in [0.29, 0.717) is 0 Å². The lowest BCUT2D eigenvalue weighted by Crippen LogP contribution is -2.40. The number of alkyl halides is 3. The predicted octanol–water partition coefficient (Wildman–Crippen LogP) is 2.18. The third-order valence-corrected chi connectivity index (χ3v) is 3.05. The van der Waals surface area contributed by atoms with Crippen LogP contribution >= 0.6 is 0 Å². The van der Waals surface area contributed by atoms with E-state index in [-0.39, 0.29) is 36.8 Å². The summed E-state index contributed by atoms with van der Waals surface area (Å²) < 4.78 is 43.2. The summed E-state index contributed by atoms with van der Waals surface area (Å²) in [6.45, 7) is 3.45. The Morgan fingerprint density at radius 3 is 2.52 bits per heavy atom. The topological polar surface area (TPSA) is 64.4 Å². The molecule has 0 aliphatic rings. The Kier molecular flexibility index (Phi) is 6.02. The van der Waals surface area contributed by atoms with E-state index in [1.807, 2.05) is 0 Å². The maximum atomic E-state index is 12.7. The minimum atomic E-state index is -4.47. The number of nitrogens with one attached hydrogen (secondary N) is 1. The quantitative estimate of drug-likeness (QED) is 0.792. The molecule has 0 spiro atoms. The third kappa shape index (κ3) is 5.26. The number of benzene rings is 1. The van der Waals surface area contributed by atoms with Gasteiger partial charge in [0.25, 0.3) is 0 Å². The van der Waals surface area contributed by atoms with Crippen LogP contribution in [0.25, 0.3) is 0 Å². The van der Waals surface area contributed by atoms with Crippen LogP contribution in [0.1, 0.15) is 19.4 Å². The minimum Gasteiger partial charge on any atom is -0.491 e. The number of carbonyl (C=O) groups excluding carboxylic acids is 1. The van der Waals surface area contributed by atoms with Crippen molar-refractivity contribution in [3.05, 3.63) is 29.8 Å². The number of carbonyl (C=O) groups is 1. The molecule has 0 aromatic heterocycles. The van der Waals surface area contributed by atoms with Crippen LogP contribution in [0.15, 0.2) is 24.3 Å². The molecule has 0 aliphatic carbocycles. The van der Waals surface area contributed by atoms with Crippen molar-refractivity contribution in [2.24, 2.45) is 11.7 Å². The second kappa shape index (κ2) is 7.31. The smallest absolute Gasteiger partial charge is 0.419 e. The van der Waals surface area contributed by atoms with Gasteiger partial charge in [0, 0.05) is 12.0 Å². The van der Waals surface area contributed by atoms with E-state index in [9.17, 15) is 18.0 Å². The number of rotatable bonds is 6. The van der Waals surface area contributed by atoms with Gasteiger partial charge in [-0.1, -0.05) is 19.1 Å². The van der Waals surface area contributed by atoms with Crippen LogP contribution in [0.3, 0.4) is 0 Å². The predicted molar refractivity (Wildman–Crippen MR) is 72.8 cm³/mol. The highest BCUT2D eigenvalue weighted by Crippen LogP contribution is 2.35. The van der Waals surface area contributed by atoms with Crippen molar-refractivity contribution in [3.63, 3.8) is 0 Å². The lowest BCUT2D eigenvalue weighted by atomic mass is 10.0. The second-order valence-electron chi connectivity index (χ2n) is 4.78. The molecule has 0 bridgehead atoms. The minimum absolute atomic E-state index is 0.0511. The fourth-order valence-electron chi connectivity index (χ4n) is 1.56. The Labute approximate surface area is 121 Å². The molecule has 118 valence electrons. The van der Waals surface area contributed by atoms with E-state index in [4.69, 9.17) is 10.5 Å². The first-order chi connectivity index (χ1) is 9.73. The number of nitrogens with two attached hydrogens (primary N) is 1. The van der Waals surface area contributed by atoms with Crippen LogP contribution in [0.2, 0.25) is 0 Å². The van der Waals surface area contributed by atoms with Gasteiger partial charge >= 0.3 is 6.18 Å². The first-order valence-electron chi connectivity index (χ1n) is 6.55. The molecule has 0 saturated carbocycles. The molecule has 4 nitrogen and oxygen atoms in total. The summed E-state index contributed by atoms with van der Waals surface area (Å²) >= 11 is 0. The van der Waals surface area contributed by atoms with Crippen LogP contribution in [0.4, 0.5) is 13.2 Å². The summed E-state index contributed by atoms with van der Waals surface area (Å²) in [6, 6.07) is 4.65. The molecular weight excluding hydrogens is 285 g/mol. The normalized spacial score (nSPS) is 14.4. The molecule has 1 aromatic rings. The SMILES string of the molecule is CC(N)C(C)C(=O)NCCOc1ccccc1C(F)(F)F. The summed E-state index contributed by atoms with van der Waals surface area (Å²) in [5.74, 6) is -0.871. The molecule has 3 N–H and O–H groups in total. The highest BCUT2D eigenvalue weighted by molar-refractivity contribution is 5.78. The first kappa shape index (κ1) is 17.3. The molecule has 1 aromatic carbocycles. The summed E-state index contributed by atoms with van der Waals surface area (Å²) in [4.78, 5) is 11.6. The monoisotopic (exact) mass is 304 g/mol. The number of amides is 1. The van der Waals surface area contributed by atoms with E-state index in [0.717, 1.165) is 6.07 Å². The van der Waals surface area contributed by atoms with Crippen molar-refractivity contribution in [2.45, 2.75) is 26.1 Å². The van der Waals surface area contributed by atoms with Crippen LogP contribution < -0.4 is 15.8 Å². The van der Waals surface area contributed by atoms with Crippen molar-refractivity contribution in [2.75, 3.05) is 13.2 Å². The Morgan fingerprint density at radius 2 is 1.95 bits per heavy atom. The number of hydrogen-bond donors (Lipinski definition) is 2. The lowest BCUT2D eigenvalue weighted by molar-refractivity contribution is -0.139. The Hall–Kier alpha value is -1.76. The molecule has 7 heteroatoms. The van der Waals surface area contributed by atoms with Gasteiger partial charge in [0.2, 0.25) is 5.91 Å². The van der Waals surface area contributed by atoms with E-state index < -0.39 is 11.7 Å². The summed E-state index contributed by atoms with van der Waals surface area (Å²) in [7, 11) is 0. The maximum Gasteiger partial charge on any atom is 0.419 e. The molecule has 0 radical (unpaired) electrons. The molecule has 0 fully saturated rings. The van der Waals surface area contributed by atoms with Gasteiger partial charge in [0.05, 0.1) is 12.1 Å². The van der Waals surface area contributed by atoms with Gasteiger partial charge in [0.1, 0.15) is 12.4 Å². The summed E-state index contributed by atoms with van der Waals surface area (Å²) in [6.07, 6.45) is -4.47. The standard InChI is InChI=1S/C14H19F3N2O2/c1-9(10(2)18)13(20)19-7-8-21-12-6-4-3-5-11(12)14(15,16)17/h3-6,9-10H,7-8,18H2,1-2H3,(H,19,20). The first-order valence-corrected chi connectivity index (χ1v) is 6.55. The number of hydrogen-bond acceptors (Lipinski definition) is 3. The Balaban J connectivity index is 2.49. The lowest BCUT2D eigenvalue weighted by Gasteiger charge is -2.16. The zero-order valence-electron chi connectivity index (χ0n) is 11.9. The molecule has 1 amide bonds. The molecule has 0 aliphatic heterocycles. The van der Waals surface area contributed by atoms with Gasteiger partial charge in [-0.15, -0.1) is 0 Å². The van der Waals surface area contributed by atoms with Gasteiger partial charge in [-0.05, 0) is 19.1 Å². The van der Waals surface area contributed by atoms with E-state index in [2.05, 4.69) is 5.32 Å². The van der Waals surface area contributed by atoms with Gasteiger partial charge in [-0.2, -0.15) is 13.2 Å². The van der Waals surface area contributed by atoms with Crippen molar-refractivity contribution in [3.8, 4) is 5.75 Å². The van der Waals surface area contributed by atoms with Crippen LogP contribution in [-0.2, 0) is 11.0 Å². The molecular formula is C14H19F3N2O2. The van der Waals surface area contributed by atoms with Gasteiger partial charge in [-0.25, -0.2) is 0 Å². The summed E-state index contributed by atoms with van der Waals surface area (Å²) in [5.41, 5.74) is 4.75. The van der Waals surface area contributed by atoms with E-state index in [1.54, 1.807) is 13.8 Å². The number of ether oxygens (including phenoxy) is 1. The van der Waals surface area contributed by atoms with Crippen LogP contribution in [0.5, 0.6) is 5.75 Å². The average molecular weight is 304 g/mol. The fourth-order valence-corrected chi connectivity index (χ4v) is 1.56. The molecule has 0 saturated heterocycles. The molecule has 21 heavy (non-hydrogen) atoms. The van der Waals surface area contributed by atoms with Crippen LogP contribution in [-0.4, -0.2) is 25.1 Å². The highest BCUT2D eigenvalue weighted by Gasteiger charge is 2.33. The maximum absolute atomic E-state index is 12.7. The van der Waals surface area contributed by atoms with Gasteiger partial charge < -0.3 is 15.8 Å². The molecule has 2 atom stereocenters. The second-order valence-corrected chi connectivity index (χ2v) is 4.78. The summed E-state index contributed by atoms with van der Waals surface area (Å²) in [5, 5.41) is 2.57. The average Bonchev–Trinajstić information content (AvgIpc) is 2.41. The Bertz CT molecular complexity index is 476. The van der Waals surface area contributed by atoms with Crippen LogP contribution in [0, 0.1) is 5.92 Å². The van der Waals surface area contributed by atoms with Crippen molar-refractivity contribution < 1.29 is 22.7 Å². The third-order valence-electron chi connectivity index (χ3n) is 3.05. The van der Waals surface area contributed by atoms with Crippen molar-refractivity contribution >= 4 is 5.91 Å². The molecule has 1 rings (SSSR count). The van der Waals surface area contributed by atoms with E-state index >= 15 is 0 Å². The van der Waals surface area contributed by atoms with E-state index in [1.165, 1.54) is 18.2 Å². The largest absolute Gasteiger partial charge is 0.491 e. The molecule has 2 unspecified atom stereocenters. The van der Waals surface area contributed by atoms with Gasteiger partial charge in [0.15, 0.2) is 0 Å². The zero-order chi connectivity index (χ0) is 16.0.